The van der Waals surface area contributed by atoms with Gasteiger partial charge in [0, 0.05) is 32.4 Å². The minimum Gasteiger partial charge on any atom is -0.325 e. The molecule has 0 saturated carbocycles. The topological polar surface area (TPSA) is 94.1 Å². The molecule has 102 valence electrons. The summed E-state index contributed by atoms with van der Waals surface area (Å²) in [5, 5.41) is 7.91. The van der Waals surface area contributed by atoms with Crippen LogP contribution in [-0.2, 0) is 23.1 Å². The molecular weight excluding hydrogens is 254 g/mol. The molecule has 1 unspecified atom stereocenters. The van der Waals surface area contributed by atoms with Crippen LogP contribution in [0.5, 0.6) is 0 Å². The van der Waals surface area contributed by atoms with E-state index in [1.165, 1.54) is 6.26 Å². The monoisotopic (exact) mass is 273 g/mol. The van der Waals surface area contributed by atoms with E-state index in [4.69, 9.17) is 5.73 Å². The summed E-state index contributed by atoms with van der Waals surface area (Å²) in [5.74, 6) is 0.292. The standard InChI is InChI=1S/C10H19N5O2S/c1-18(16,17)15-4-2-3-9(7-15)6-14-8-10(5-11)12-13-14/h8-9H,2-7,11H2,1H3. The first kappa shape index (κ1) is 13.4. The lowest BCUT2D eigenvalue weighted by Crippen LogP contribution is -2.40. The SMILES string of the molecule is CS(=O)(=O)N1CCCC(Cn2cc(CN)nn2)C1. The van der Waals surface area contributed by atoms with Crippen LogP contribution < -0.4 is 5.73 Å². The summed E-state index contributed by atoms with van der Waals surface area (Å²) in [6.45, 7) is 2.26. The van der Waals surface area contributed by atoms with E-state index in [1.54, 1.807) is 8.99 Å². The fourth-order valence-corrected chi connectivity index (χ4v) is 3.21. The summed E-state index contributed by atoms with van der Waals surface area (Å²) < 4.78 is 26.3. The van der Waals surface area contributed by atoms with Gasteiger partial charge in [-0.15, -0.1) is 5.10 Å². The lowest BCUT2D eigenvalue weighted by atomic mass is 10.00. The number of nitrogens with zero attached hydrogens (tertiary/aromatic N) is 4. The van der Waals surface area contributed by atoms with E-state index in [2.05, 4.69) is 10.3 Å². The van der Waals surface area contributed by atoms with Crippen LogP contribution in [0.4, 0.5) is 0 Å². The zero-order chi connectivity index (χ0) is 13.2. The van der Waals surface area contributed by atoms with E-state index >= 15 is 0 Å². The lowest BCUT2D eigenvalue weighted by Gasteiger charge is -2.30. The average Bonchev–Trinajstić information content (AvgIpc) is 2.76. The molecule has 1 atom stereocenters. The number of aromatic nitrogens is 3. The fourth-order valence-electron chi connectivity index (χ4n) is 2.26. The summed E-state index contributed by atoms with van der Waals surface area (Å²) in [7, 11) is -3.08. The Morgan fingerprint density at radius 2 is 2.33 bits per heavy atom. The molecule has 2 rings (SSSR count). The van der Waals surface area contributed by atoms with Crippen LogP contribution >= 0.6 is 0 Å². The number of rotatable bonds is 4. The molecule has 8 heteroatoms. The van der Waals surface area contributed by atoms with Crippen molar-refractivity contribution in [3.8, 4) is 0 Å². The lowest BCUT2D eigenvalue weighted by molar-refractivity contribution is 0.239. The van der Waals surface area contributed by atoms with Crippen molar-refractivity contribution in [2.45, 2.75) is 25.9 Å². The van der Waals surface area contributed by atoms with E-state index < -0.39 is 10.0 Å². The van der Waals surface area contributed by atoms with Crippen molar-refractivity contribution in [2.75, 3.05) is 19.3 Å². The van der Waals surface area contributed by atoms with Crippen LogP contribution in [0, 0.1) is 5.92 Å². The number of piperidine rings is 1. The molecule has 18 heavy (non-hydrogen) atoms. The highest BCUT2D eigenvalue weighted by atomic mass is 32.2. The maximum Gasteiger partial charge on any atom is 0.211 e. The molecule has 0 bridgehead atoms. The molecule has 1 aliphatic rings. The largest absolute Gasteiger partial charge is 0.325 e. The molecule has 1 saturated heterocycles. The minimum atomic E-state index is -3.08. The third kappa shape index (κ3) is 3.27. The maximum atomic E-state index is 11.5. The Balaban J connectivity index is 1.97. The number of nitrogens with two attached hydrogens (primary N) is 1. The average molecular weight is 273 g/mol. The van der Waals surface area contributed by atoms with Gasteiger partial charge in [0.15, 0.2) is 0 Å². The van der Waals surface area contributed by atoms with Gasteiger partial charge in [-0.3, -0.25) is 4.68 Å². The van der Waals surface area contributed by atoms with Crippen molar-refractivity contribution in [3.05, 3.63) is 11.9 Å². The van der Waals surface area contributed by atoms with Gasteiger partial charge in [-0.2, -0.15) is 0 Å². The summed E-state index contributed by atoms with van der Waals surface area (Å²) in [6.07, 6.45) is 5.00. The van der Waals surface area contributed by atoms with E-state index in [0.717, 1.165) is 18.5 Å². The third-order valence-electron chi connectivity index (χ3n) is 3.19. The normalized spacial score (nSPS) is 22.2. The van der Waals surface area contributed by atoms with Gasteiger partial charge in [-0.1, -0.05) is 5.21 Å². The van der Waals surface area contributed by atoms with Crippen molar-refractivity contribution in [1.82, 2.24) is 19.3 Å². The van der Waals surface area contributed by atoms with E-state index in [0.29, 0.717) is 32.1 Å². The number of hydrogen-bond acceptors (Lipinski definition) is 5. The highest BCUT2D eigenvalue weighted by molar-refractivity contribution is 7.88. The van der Waals surface area contributed by atoms with Crippen LogP contribution in [0.1, 0.15) is 18.5 Å². The quantitative estimate of drug-likeness (QED) is 0.791. The summed E-state index contributed by atoms with van der Waals surface area (Å²) in [4.78, 5) is 0. The molecule has 1 aliphatic heterocycles. The first-order valence-corrected chi connectivity index (χ1v) is 7.88. The predicted octanol–water partition coefficient (Wildman–Crippen LogP) is -0.592. The van der Waals surface area contributed by atoms with Crippen molar-refractivity contribution in [2.24, 2.45) is 11.7 Å². The Hall–Kier alpha value is -0.990. The van der Waals surface area contributed by atoms with Gasteiger partial charge in [-0.25, -0.2) is 12.7 Å². The summed E-state index contributed by atoms with van der Waals surface area (Å²) >= 11 is 0. The first-order valence-electron chi connectivity index (χ1n) is 6.03. The zero-order valence-corrected chi connectivity index (χ0v) is 11.3. The Labute approximate surface area is 107 Å². The second kappa shape index (κ2) is 5.33. The van der Waals surface area contributed by atoms with Gasteiger partial charge in [0.2, 0.25) is 10.0 Å². The Bertz CT molecular complexity index is 498. The zero-order valence-electron chi connectivity index (χ0n) is 10.5. The second-order valence-electron chi connectivity index (χ2n) is 4.77. The molecule has 7 nitrogen and oxygen atoms in total. The smallest absolute Gasteiger partial charge is 0.211 e. The summed E-state index contributed by atoms with van der Waals surface area (Å²) in [6, 6.07) is 0. The van der Waals surface area contributed by atoms with Gasteiger partial charge < -0.3 is 5.73 Å². The van der Waals surface area contributed by atoms with Gasteiger partial charge in [0.25, 0.3) is 0 Å². The van der Waals surface area contributed by atoms with Crippen molar-refractivity contribution in [1.29, 1.82) is 0 Å². The molecule has 0 spiro atoms. The second-order valence-corrected chi connectivity index (χ2v) is 6.75. The molecule has 0 amide bonds. The summed E-state index contributed by atoms with van der Waals surface area (Å²) in [5.41, 5.74) is 6.23. The van der Waals surface area contributed by atoms with Crippen LogP contribution in [0.15, 0.2) is 6.20 Å². The Morgan fingerprint density at radius 1 is 1.56 bits per heavy atom. The van der Waals surface area contributed by atoms with Gasteiger partial charge in [0.1, 0.15) is 0 Å². The van der Waals surface area contributed by atoms with E-state index in [1.807, 2.05) is 6.20 Å². The van der Waals surface area contributed by atoms with Crippen molar-refractivity contribution in [3.63, 3.8) is 0 Å². The maximum absolute atomic E-state index is 11.5. The molecule has 0 radical (unpaired) electrons. The van der Waals surface area contributed by atoms with Crippen LogP contribution in [0.3, 0.4) is 0 Å². The predicted molar refractivity (Wildman–Crippen MR) is 67.1 cm³/mol. The Kier molecular flexibility index (Phi) is 3.98. The van der Waals surface area contributed by atoms with Gasteiger partial charge in [0.05, 0.1) is 11.9 Å². The molecule has 1 fully saturated rings. The minimum absolute atomic E-state index is 0.292. The van der Waals surface area contributed by atoms with Gasteiger partial charge >= 0.3 is 0 Å². The van der Waals surface area contributed by atoms with Gasteiger partial charge in [-0.05, 0) is 18.8 Å². The highest BCUT2D eigenvalue weighted by Gasteiger charge is 2.26. The molecular formula is C10H19N5O2S. The molecule has 0 aliphatic carbocycles. The number of hydrogen-bond donors (Lipinski definition) is 1. The number of sulfonamides is 1. The van der Waals surface area contributed by atoms with E-state index in [-0.39, 0.29) is 0 Å². The molecule has 1 aromatic rings. The van der Waals surface area contributed by atoms with Crippen molar-refractivity contribution >= 4 is 10.0 Å². The molecule has 0 aromatic carbocycles. The Morgan fingerprint density at radius 3 is 2.94 bits per heavy atom. The highest BCUT2D eigenvalue weighted by Crippen LogP contribution is 2.19. The first-order chi connectivity index (χ1) is 8.49. The molecule has 1 aromatic heterocycles. The van der Waals surface area contributed by atoms with Crippen LogP contribution in [0.25, 0.3) is 0 Å². The van der Waals surface area contributed by atoms with E-state index in [9.17, 15) is 8.42 Å². The third-order valence-corrected chi connectivity index (χ3v) is 4.46. The fraction of sp³-hybridized carbons (Fsp3) is 0.800. The van der Waals surface area contributed by atoms with Crippen LogP contribution in [-0.4, -0.2) is 47.1 Å². The molecule has 2 N–H and O–H groups in total. The van der Waals surface area contributed by atoms with Crippen molar-refractivity contribution < 1.29 is 8.42 Å². The van der Waals surface area contributed by atoms with Crippen LogP contribution in [0.2, 0.25) is 0 Å². The molecule has 2 heterocycles.